The number of urea groups is 1. The first kappa shape index (κ1) is 18.4. The highest BCUT2D eigenvalue weighted by atomic mass is 35.5. The second-order valence-corrected chi connectivity index (χ2v) is 7.07. The van der Waals surface area contributed by atoms with Crippen molar-refractivity contribution >= 4 is 34.7 Å². The number of carbonyl (C=O) groups is 1. The number of hydrogen-bond acceptors (Lipinski definition) is 6. The first-order chi connectivity index (χ1) is 14.4. The van der Waals surface area contributed by atoms with Crippen LogP contribution >= 0.6 is 11.6 Å². The number of nitrogens with zero attached hydrogens (tertiary/aromatic N) is 8. The smallest absolute Gasteiger partial charge is 0.306 e. The predicted molar refractivity (Wildman–Crippen MR) is 102 cm³/mol. The fourth-order valence-corrected chi connectivity index (χ4v) is 3.66. The molecule has 1 unspecified atom stereocenters. The zero-order chi connectivity index (χ0) is 21.0. The highest BCUT2D eigenvalue weighted by Crippen LogP contribution is 2.36. The van der Waals surface area contributed by atoms with E-state index in [1.54, 1.807) is 0 Å². The second kappa shape index (κ2) is 6.69. The average Bonchev–Trinajstić information content (AvgIpc) is 3.42. The van der Waals surface area contributed by atoms with Gasteiger partial charge in [0, 0.05) is 12.5 Å². The minimum Gasteiger partial charge on any atom is -0.306 e. The van der Waals surface area contributed by atoms with Crippen LogP contribution in [0.4, 0.5) is 25.0 Å². The first-order valence-corrected chi connectivity index (χ1v) is 9.15. The van der Waals surface area contributed by atoms with Crippen LogP contribution in [0.15, 0.2) is 30.9 Å². The van der Waals surface area contributed by atoms with E-state index in [0.29, 0.717) is 22.9 Å². The van der Waals surface area contributed by atoms with Gasteiger partial charge in [0.15, 0.2) is 11.5 Å². The molecule has 0 aliphatic carbocycles. The lowest BCUT2D eigenvalue weighted by Crippen LogP contribution is -2.34. The number of fused-ring (bicyclic) bond motifs is 3. The highest BCUT2D eigenvalue weighted by molar-refractivity contribution is 6.32. The Morgan fingerprint density at radius 3 is 2.73 bits per heavy atom. The molecule has 0 radical (unpaired) electrons. The minimum atomic E-state index is -1.24. The largest absolute Gasteiger partial charge is 0.326 e. The van der Waals surface area contributed by atoms with Crippen LogP contribution in [-0.2, 0) is 0 Å². The Kier molecular flexibility index (Phi) is 4.10. The molecule has 1 aliphatic rings. The predicted octanol–water partition coefficient (Wildman–Crippen LogP) is 2.79. The molecule has 4 aromatic heterocycles. The van der Waals surface area contributed by atoms with E-state index in [1.165, 1.54) is 40.6 Å². The van der Waals surface area contributed by atoms with Crippen molar-refractivity contribution in [3.05, 3.63) is 53.3 Å². The highest BCUT2D eigenvalue weighted by Gasteiger charge is 2.34. The van der Waals surface area contributed by atoms with Gasteiger partial charge in [0.05, 0.1) is 46.9 Å². The van der Waals surface area contributed by atoms with Gasteiger partial charge in [0.2, 0.25) is 5.82 Å². The molecule has 1 N–H and O–H groups in total. The summed E-state index contributed by atoms with van der Waals surface area (Å²) in [5.41, 5.74) is 1.03. The summed E-state index contributed by atoms with van der Waals surface area (Å²) in [6.45, 7) is 2.11. The van der Waals surface area contributed by atoms with Crippen LogP contribution in [0, 0.1) is 11.8 Å². The van der Waals surface area contributed by atoms with E-state index in [1.807, 2.05) is 6.92 Å². The fraction of sp³-hybridized carbons (Fsp3) is 0.176. The maximum atomic E-state index is 13.8. The van der Waals surface area contributed by atoms with Crippen molar-refractivity contribution in [3.63, 3.8) is 0 Å². The Labute approximate surface area is 172 Å². The van der Waals surface area contributed by atoms with Gasteiger partial charge in [-0.15, -0.1) is 9.90 Å². The third kappa shape index (κ3) is 2.76. The maximum Gasteiger partial charge on any atom is 0.326 e. The molecule has 1 atom stereocenters. The molecule has 0 fully saturated rings. The van der Waals surface area contributed by atoms with E-state index in [2.05, 4.69) is 30.6 Å². The first-order valence-electron chi connectivity index (χ1n) is 8.77. The Hall–Kier alpha value is -3.67. The molecule has 13 heteroatoms. The third-order valence-corrected chi connectivity index (χ3v) is 4.98. The van der Waals surface area contributed by atoms with Crippen LogP contribution in [0.25, 0.3) is 11.5 Å². The standard InChI is InChI=1S/C17H12ClF2N9O/c1-8-7-27(11-6-22-16-12(19)14(20)26-28(16)13(8)11)17(30)25-9-4-10(18)15(21-5-9)29-23-2-3-24-29/h2-6,8H,7H2,1H3,(H,25,30). The molecule has 4 aromatic rings. The SMILES string of the molecule is CC1CN(C(=O)Nc2cnc(-n3nccn3)c(Cl)c2)c2cnc3c(F)c(F)nn3c21. The molecule has 0 bridgehead atoms. The third-order valence-electron chi connectivity index (χ3n) is 4.71. The van der Waals surface area contributed by atoms with Crippen molar-refractivity contribution in [2.45, 2.75) is 12.8 Å². The minimum absolute atomic E-state index is 0.218. The van der Waals surface area contributed by atoms with Crippen LogP contribution in [0.3, 0.4) is 0 Å². The van der Waals surface area contributed by atoms with Crippen LogP contribution in [0.2, 0.25) is 5.02 Å². The average molecular weight is 432 g/mol. The lowest BCUT2D eigenvalue weighted by Gasteiger charge is -2.18. The van der Waals surface area contributed by atoms with Gasteiger partial charge in [-0.2, -0.15) is 19.0 Å². The summed E-state index contributed by atoms with van der Waals surface area (Å²) in [7, 11) is 0. The summed E-state index contributed by atoms with van der Waals surface area (Å²) in [6.07, 6.45) is 5.72. The molecular weight excluding hydrogens is 420 g/mol. The summed E-state index contributed by atoms with van der Waals surface area (Å²) in [6, 6.07) is 1.04. The van der Waals surface area contributed by atoms with E-state index >= 15 is 0 Å². The lowest BCUT2D eigenvalue weighted by molar-refractivity contribution is 0.257. The van der Waals surface area contributed by atoms with Crippen molar-refractivity contribution in [2.75, 3.05) is 16.8 Å². The molecule has 5 heterocycles. The van der Waals surface area contributed by atoms with E-state index in [-0.39, 0.29) is 23.1 Å². The summed E-state index contributed by atoms with van der Waals surface area (Å²) in [4.78, 5) is 23.6. The normalized spacial score (nSPS) is 15.6. The van der Waals surface area contributed by atoms with E-state index in [4.69, 9.17) is 11.6 Å². The Bertz CT molecular complexity index is 1290. The van der Waals surface area contributed by atoms with Crippen molar-refractivity contribution in [3.8, 4) is 5.82 Å². The van der Waals surface area contributed by atoms with Crippen LogP contribution < -0.4 is 10.2 Å². The second-order valence-electron chi connectivity index (χ2n) is 6.66. The van der Waals surface area contributed by atoms with Crippen molar-refractivity contribution in [1.29, 1.82) is 0 Å². The van der Waals surface area contributed by atoms with Crippen molar-refractivity contribution in [2.24, 2.45) is 0 Å². The molecule has 0 spiro atoms. The zero-order valence-electron chi connectivity index (χ0n) is 15.3. The van der Waals surface area contributed by atoms with Crippen LogP contribution in [-0.4, -0.2) is 47.2 Å². The van der Waals surface area contributed by atoms with E-state index in [0.717, 1.165) is 4.52 Å². The van der Waals surface area contributed by atoms with Gasteiger partial charge >= 0.3 is 6.03 Å². The molecule has 0 saturated heterocycles. The van der Waals surface area contributed by atoms with E-state index < -0.39 is 17.8 Å². The summed E-state index contributed by atoms with van der Waals surface area (Å²) in [5.74, 6) is -2.27. The monoisotopic (exact) mass is 431 g/mol. The molecule has 152 valence electrons. The quantitative estimate of drug-likeness (QED) is 0.523. The van der Waals surface area contributed by atoms with Crippen LogP contribution in [0.5, 0.6) is 0 Å². The molecular formula is C17H12ClF2N9O. The number of aromatic nitrogens is 7. The molecule has 30 heavy (non-hydrogen) atoms. The summed E-state index contributed by atoms with van der Waals surface area (Å²) >= 11 is 6.23. The van der Waals surface area contributed by atoms with Gasteiger partial charge < -0.3 is 5.32 Å². The number of nitrogens with one attached hydrogen (secondary N) is 1. The number of rotatable bonds is 2. The van der Waals surface area contributed by atoms with Crippen molar-refractivity contribution < 1.29 is 13.6 Å². The molecule has 10 nitrogen and oxygen atoms in total. The number of anilines is 2. The maximum absolute atomic E-state index is 13.8. The molecule has 1 aliphatic heterocycles. The van der Waals surface area contributed by atoms with Gasteiger partial charge in [-0.1, -0.05) is 18.5 Å². The number of halogens is 3. The lowest BCUT2D eigenvalue weighted by atomic mass is 10.1. The number of amides is 2. The molecule has 0 aromatic carbocycles. The number of carbonyl (C=O) groups excluding carboxylic acids is 1. The molecule has 0 saturated carbocycles. The van der Waals surface area contributed by atoms with Gasteiger partial charge in [0.1, 0.15) is 0 Å². The van der Waals surface area contributed by atoms with Crippen LogP contribution in [0.1, 0.15) is 18.5 Å². The molecule has 2 amide bonds. The van der Waals surface area contributed by atoms with E-state index in [9.17, 15) is 13.6 Å². The van der Waals surface area contributed by atoms with Gasteiger partial charge in [0.25, 0.3) is 5.95 Å². The molecule has 5 rings (SSSR count). The summed E-state index contributed by atoms with van der Waals surface area (Å²) in [5, 5.41) is 14.4. The Morgan fingerprint density at radius 1 is 1.23 bits per heavy atom. The topological polar surface area (TPSA) is 106 Å². The Morgan fingerprint density at radius 2 is 2.00 bits per heavy atom. The summed E-state index contributed by atoms with van der Waals surface area (Å²) < 4.78 is 28.5. The van der Waals surface area contributed by atoms with Crippen molar-refractivity contribution in [1.82, 2.24) is 34.6 Å². The van der Waals surface area contributed by atoms with Gasteiger partial charge in [-0.25, -0.2) is 19.3 Å². The zero-order valence-corrected chi connectivity index (χ0v) is 16.0. The number of hydrogen-bond donors (Lipinski definition) is 1. The fourth-order valence-electron chi connectivity index (χ4n) is 3.42. The number of pyridine rings is 1. The van der Waals surface area contributed by atoms with Gasteiger partial charge in [-0.3, -0.25) is 4.90 Å². The Balaban J connectivity index is 1.44. The van der Waals surface area contributed by atoms with Gasteiger partial charge in [-0.05, 0) is 6.07 Å².